The van der Waals surface area contributed by atoms with Crippen LogP contribution in [0.1, 0.15) is 22.3 Å². The molecule has 2 atom stereocenters. The highest BCUT2D eigenvalue weighted by Gasteiger charge is 2.74. The summed E-state index contributed by atoms with van der Waals surface area (Å²) >= 11 is 4.77. The van der Waals surface area contributed by atoms with Gasteiger partial charge in [-0.05, 0) is 140 Å². The summed E-state index contributed by atoms with van der Waals surface area (Å²) in [5.41, 5.74) is 11.6. The van der Waals surface area contributed by atoms with Crippen molar-refractivity contribution in [3.63, 3.8) is 0 Å². The standard InChI is InChI=1S/C118N2S2/c121-113-101-83-59-43-21-13-1-3-7-11-9-5(1)17(21)33-37-29(9)39-31(11)41-35-19(7)23-15(3)27-25(13)47(59)63-49(27)61-45(23)57-55(35)79-69(41)77-67(39)73-65(37)71-51(33)53(43)75(83)91-89(71)105-93(73)95(77)109-97(79)99-81(57)85(61)103(87(63)101)115(121)111(99)119(109)117(105,107(91)113)118-106-90-72-52-34-18-6-2-4-8-12-10(6)30-38(34)66(72)74-68-40(30)32(12)42-36-20(8)24-16(4)28-26-14(2)22(18)44-54(52)76-84-60(44)48(26)64-50(28)62-46(24)58-56(36)80-70(42)78(68)96(94(74)106)110-98(80)100-82(58)86(62)104-88(64)102(84)114(108(118)92(76)90)122-116(104)112(100)120(110)118. The van der Waals surface area contributed by atoms with Crippen LogP contribution in [0.5, 0.6) is 0 Å². The first-order valence-corrected chi connectivity index (χ1v) is 47.0. The van der Waals surface area contributed by atoms with Crippen LogP contribution in [0.25, 0.3) is 601 Å². The zero-order valence-corrected chi connectivity index (χ0v) is 62.3. The Labute approximate surface area is 660 Å². The van der Waals surface area contributed by atoms with Crippen molar-refractivity contribution in [2.45, 2.75) is 11.1 Å². The van der Waals surface area contributed by atoms with Gasteiger partial charge in [-0.2, -0.15) is 0 Å². The summed E-state index contributed by atoms with van der Waals surface area (Å²) in [6.07, 6.45) is 0. The molecule has 2 nitrogen and oxygen atoms in total. The lowest BCUT2D eigenvalue weighted by Gasteiger charge is -2.54. The molecule has 2 unspecified atom stereocenters. The molecule has 494 valence electrons. The summed E-state index contributed by atoms with van der Waals surface area (Å²) in [4.78, 5) is 0. The van der Waals surface area contributed by atoms with E-state index in [1.165, 1.54) is 0 Å². The van der Waals surface area contributed by atoms with E-state index in [1.54, 1.807) is 623 Å². The van der Waals surface area contributed by atoms with Gasteiger partial charge in [-0.15, -0.1) is 22.7 Å². The highest BCUT2D eigenvalue weighted by Crippen LogP contribution is 2.89. The Bertz CT molecular complexity index is 15100. The molecule has 0 radical (unpaired) electrons. The fraction of sp³-hybridized carbons (Fsp3) is 0.0169. The first-order valence-electron chi connectivity index (χ1n) is 45.4. The molecule has 4 aromatic heterocycles. The Balaban J connectivity index is 0.807. The van der Waals surface area contributed by atoms with Gasteiger partial charge in [0.2, 0.25) is 0 Å². The van der Waals surface area contributed by atoms with Crippen molar-refractivity contribution in [1.29, 1.82) is 0 Å². The second-order valence-corrected chi connectivity index (χ2v) is 47.5. The average Bonchev–Trinajstić information content (AvgIpc) is 1.38. The Morgan fingerprint density at radius 2 is 0.197 bits per heavy atom. The summed E-state index contributed by atoms with van der Waals surface area (Å²) < 4.78 is 13.7. The third-order valence-corrected chi connectivity index (χ3v) is 48.1. The van der Waals surface area contributed by atoms with Crippen LogP contribution in [0.2, 0.25) is 0 Å². The van der Waals surface area contributed by atoms with Crippen LogP contribution in [0.4, 0.5) is 0 Å². The number of hydrogen-bond acceptors (Lipinski definition) is 2. The molecule has 0 saturated heterocycles. The summed E-state index contributed by atoms with van der Waals surface area (Å²) in [6.45, 7) is 0. The molecule has 54 aromatic carbocycles. The SMILES string of the molecule is s1c2c3c4c5c6c7c8c9c5c5c%10c4c4c2c2c%11c1c1c%12c%13c%11c%11c%14c2c2c4c%10c4c%10c5c9c5c9c8c8c%15c%16c9c9c5c%10c5c4c2c%14c2c5c9c4c2c%11c%13c(c4%16)c%15c%12c(c78)n1C36C12c3c4sc5c6c7c4c4c8c3c3c1c1c9c%10c3c3c8c8c4c4c7c7c%11c6c6c%12c%11c%11c%13c7c4c4c8c7c3c%10c3c8c9c9c%10c%14c8c8c3c7c4c%13c8c%11c%14c%12c%10c3c6c5n2c3c19. The molecule has 4 aliphatic rings. The number of benzene rings is 36. The van der Waals surface area contributed by atoms with Gasteiger partial charge in [-0.3, -0.25) is 0 Å². The molecule has 58 aromatic rings. The molecule has 2 aliphatic carbocycles. The molecule has 0 fully saturated rings. The smallest absolute Gasteiger partial charge is 0.131 e. The largest absolute Gasteiger partial charge is 0.321 e. The maximum atomic E-state index is 3.59. The van der Waals surface area contributed by atoms with Crippen LogP contribution in [0.15, 0.2) is 0 Å². The fourth-order valence-corrected chi connectivity index (χ4v) is 48.7. The molecule has 4 heteroatoms. The maximum Gasteiger partial charge on any atom is 0.131 e. The van der Waals surface area contributed by atoms with Crippen LogP contribution in [-0.4, -0.2) is 9.13 Å². The van der Waals surface area contributed by atoms with Gasteiger partial charge in [0.05, 0.1) is 31.5 Å². The zero-order valence-electron chi connectivity index (χ0n) is 60.7. The average molecular weight is 1510 g/mol. The minimum atomic E-state index is -0.919. The maximum absolute atomic E-state index is 3.59. The highest BCUT2D eigenvalue weighted by molar-refractivity contribution is 7.27. The van der Waals surface area contributed by atoms with Gasteiger partial charge >= 0.3 is 0 Å². The van der Waals surface area contributed by atoms with E-state index < -0.39 is 11.1 Å². The predicted molar refractivity (Wildman–Crippen MR) is 524 cm³/mol. The van der Waals surface area contributed by atoms with E-state index in [0.717, 1.165) is 0 Å². The zero-order chi connectivity index (χ0) is 70.5. The van der Waals surface area contributed by atoms with E-state index in [2.05, 4.69) is 31.8 Å². The van der Waals surface area contributed by atoms with Crippen molar-refractivity contribution in [2.24, 2.45) is 0 Å². The van der Waals surface area contributed by atoms with Gasteiger partial charge in [-0.1, -0.05) is 0 Å². The number of nitrogens with zero attached hydrogens (tertiary/aromatic N) is 2. The van der Waals surface area contributed by atoms with Gasteiger partial charge in [-0.25, -0.2) is 0 Å². The van der Waals surface area contributed by atoms with Crippen LogP contribution < -0.4 is 0 Å². The molecule has 0 bridgehead atoms. The van der Waals surface area contributed by atoms with E-state index in [0.29, 0.717) is 0 Å². The molecular weight excluding hydrogens is 1510 g/mol. The molecule has 0 spiro atoms. The topological polar surface area (TPSA) is 9.86 Å². The van der Waals surface area contributed by atoms with Gasteiger partial charge in [0.15, 0.2) is 0 Å². The van der Waals surface area contributed by atoms with Gasteiger partial charge in [0, 0.05) is 452 Å². The lowest BCUT2D eigenvalue weighted by molar-refractivity contribution is 0.262. The van der Waals surface area contributed by atoms with Crippen LogP contribution >= 0.6 is 22.7 Å². The van der Waals surface area contributed by atoms with Crippen LogP contribution in [0.3, 0.4) is 0 Å². The lowest BCUT2D eigenvalue weighted by atomic mass is 9.60. The number of fused-ring (bicyclic) bond motifs is 11. The minimum Gasteiger partial charge on any atom is -0.321 e. The van der Waals surface area contributed by atoms with Crippen molar-refractivity contribution >= 4 is 624 Å². The van der Waals surface area contributed by atoms with Crippen molar-refractivity contribution in [2.75, 3.05) is 0 Å². The van der Waals surface area contributed by atoms with Crippen LogP contribution in [-0.2, 0) is 11.1 Å². The second kappa shape index (κ2) is 9.37. The first-order chi connectivity index (χ1) is 60.9. The van der Waals surface area contributed by atoms with Gasteiger partial charge in [0.1, 0.15) is 11.1 Å². The lowest BCUT2D eigenvalue weighted by Crippen LogP contribution is -2.58. The Morgan fingerprint density at radius 3 is 0.377 bits per heavy atom. The highest BCUT2D eigenvalue weighted by atomic mass is 32.1. The summed E-state index contributed by atoms with van der Waals surface area (Å²) in [7, 11) is 0. The molecular formula is C118N2S2. The minimum absolute atomic E-state index is 0.919. The quantitative estimate of drug-likeness (QED) is 0.115. The van der Waals surface area contributed by atoms with Crippen molar-refractivity contribution in [1.82, 2.24) is 9.13 Å². The number of aromatic nitrogens is 2. The van der Waals surface area contributed by atoms with E-state index in [-0.39, 0.29) is 0 Å². The fourth-order valence-electron chi connectivity index (χ4n) is 45.8. The van der Waals surface area contributed by atoms with E-state index >= 15 is 0 Å². The second-order valence-electron chi connectivity index (χ2n) is 45.5. The summed E-state index contributed by atoms with van der Waals surface area (Å²) in [6, 6.07) is 0. The molecule has 6 heterocycles. The molecule has 122 heavy (non-hydrogen) atoms. The van der Waals surface area contributed by atoms with Crippen molar-refractivity contribution in [3.05, 3.63) is 22.3 Å². The monoisotopic (exact) mass is 1510 g/mol. The third kappa shape index (κ3) is 2.15. The van der Waals surface area contributed by atoms with E-state index in [9.17, 15) is 0 Å². The predicted octanol–water partition coefficient (Wildman–Crippen LogP) is 34.0. The Morgan fingerprint density at radius 1 is 0.0902 bits per heavy atom. The van der Waals surface area contributed by atoms with Crippen molar-refractivity contribution in [3.8, 4) is 0 Å². The molecule has 0 saturated carbocycles. The summed E-state index contributed by atoms with van der Waals surface area (Å²) in [5, 5.41) is 173. The van der Waals surface area contributed by atoms with Gasteiger partial charge in [0.25, 0.3) is 0 Å². The molecule has 2 aliphatic heterocycles. The molecule has 0 N–H and O–H groups in total. The Kier molecular flexibility index (Phi) is 3.27. The van der Waals surface area contributed by atoms with Crippen LogP contribution in [0, 0.1) is 0 Å². The number of rotatable bonds is 1. The number of hydrogen-bond donors (Lipinski definition) is 0. The molecule has 0 amide bonds. The van der Waals surface area contributed by atoms with Crippen molar-refractivity contribution < 1.29 is 0 Å². The van der Waals surface area contributed by atoms with E-state index in [4.69, 9.17) is 0 Å². The van der Waals surface area contributed by atoms with E-state index in [1.807, 2.05) is 0 Å². The first kappa shape index (κ1) is 42.6. The Hall–Kier alpha value is -15.0. The molecule has 62 rings (SSSR count). The van der Waals surface area contributed by atoms with Gasteiger partial charge < -0.3 is 9.13 Å². The normalized spacial score (nSPS) is 20.7. The summed E-state index contributed by atoms with van der Waals surface area (Å²) in [5.74, 6) is 0. The third-order valence-electron chi connectivity index (χ3n) is 45.7.